The van der Waals surface area contributed by atoms with Gasteiger partial charge in [-0.1, -0.05) is 17.3 Å². The summed E-state index contributed by atoms with van der Waals surface area (Å²) in [7, 11) is 0. The van der Waals surface area contributed by atoms with Crippen LogP contribution in [0.4, 0.5) is 0 Å². The molecule has 0 aliphatic carbocycles. The van der Waals surface area contributed by atoms with Crippen LogP contribution in [-0.2, 0) is 6.61 Å². The number of hydrogen-bond donors (Lipinski definition) is 0. The lowest BCUT2D eigenvalue weighted by Crippen LogP contribution is -2.01. The summed E-state index contributed by atoms with van der Waals surface area (Å²) in [6, 6.07) is 5.39. The summed E-state index contributed by atoms with van der Waals surface area (Å²) in [6.45, 7) is 3.77. The molecule has 0 spiro atoms. The Morgan fingerprint density at radius 3 is 2.88 bits per heavy atom. The van der Waals surface area contributed by atoms with Gasteiger partial charge in [0.05, 0.1) is 5.56 Å². The minimum atomic E-state index is 0.184. The Bertz CT molecular complexity index is 534. The zero-order valence-electron chi connectivity index (χ0n) is 9.64. The van der Waals surface area contributed by atoms with E-state index in [2.05, 4.69) is 10.1 Å². The SMILES string of the molecule is Cc1nc(COc2c(C)cccc2C=O)no1. The predicted molar refractivity (Wildman–Crippen MR) is 59.9 cm³/mol. The maximum Gasteiger partial charge on any atom is 0.223 e. The summed E-state index contributed by atoms with van der Waals surface area (Å²) < 4.78 is 10.4. The number of carbonyl (C=O) groups excluding carboxylic acids is 1. The lowest BCUT2D eigenvalue weighted by molar-refractivity contribution is 0.111. The van der Waals surface area contributed by atoms with Crippen molar-refractivity contribution in [3.63, 3.8) is 0 Å². The van der Waals surface area contributed by atoms with Gasteiger partial charge in [-0.3, -0.25) is 4.79 Å². The molecule has 0 amide bonds. The van der Waals surface area contributed by atoms with Gasteiger partial charge in [-0.25, -0.2) is 0 Å². The predicted octanol–water partition coefficient (Wildman–Crippen LogP) is 2.08. The van der Waals surface area contributed by atoms with Crippen molar-refractivity contribution in [3.05, 3.63) is 41.0 Å². The number of benzene rings is 1. The summed E-state index contributed by atoms with van der Waals surface area (Å²) in [5.41, 5.74) is 1.42. The Hall–Kier alpha value is -2.17. The van der Waals surface area contributed by atoms with Crippen LogP contribution in [0, 0.1) is 13.8 Å². The fourth-order valence-electron chi connectivity index (χ4n) is 1.50. The van der Waals surface area contributed by atoms with E-state index < -0.39 is 0 Å². The topological polar surface area (TPSA) is 65.2 Å². The van der Waals surface area contributed by atoms with Crippen LogP contribution < -0.4 is 4.74 Å². The highest BCUT2D eigenvalue weighted by atomic mass is 16.5. The summed E-state index contributed by atoms with van der Waals surface area (Å²) in [5, 5.41) is 3.72. The van der Waals surface area contributed by atoms with Crippen molar-refractivity contribution >= 4 is 6.29 Å². The van der Waals surface area contributed by atoms with Crippen molar-refractivity contribution in [2.75, 3.05) is 0 Å². The number of rotatable bonds is 4. The summed E-state index contributed by atoms with van der Waals surface area (Å²) >= 11 is 0. The lowest BCUT2D eigenvalue weighted by Gasteiger charge is -2.08. The first-order chi connectivity index (χ1) is 8.20. The van der Waals surface area contributed by atoms with Crippen LogP contribution in [0.25, 0.3) is 0 Å². The molecule has 0 aliphatic rings. The smallest absolute Gasteiger partial charge is 0.223 e. The average Bonchev–Trinajstić information content (AvgIpc) is 2.73. The Balaban J connectivity index is 2.16. The Kier molecular flexibility index (Phi) is 3.18. The minimum Gasteiger partial charge on any atom is -0.484 e. The third kappa shape index (κ3) is 2.50. The third-order valence-corrected chi connectivity index (χ3v) is 2.28. The van der Waals surface area contributed by atoms with Gasteiger partial charge in [-0.05, 0) is 18.6 Å². The van der Waals surface area contributed by atoms with Crippen LogP contribution >= 0.6 is 0 Å². The molecule has 5 heteroatoms. The first-order valence-corrected chi connectivity index (χ1v) is 5.17. The molecule has 0 bridgehead atoms. The molecule has 0 saturated heterocycles. The molecular weight excluding hydrogens is 220 g/mol. The van der Waals surface area contributed by atoms with Gasteiger partial charge in [0, 0.05) is 6.92 Å². The van der Waals surface area contributed by atoms with Crippen LogP contribution in [0.1, 0.15) is 27.6 Å². The average molecular weight is 232 g/mol. The normalized spacial score (nSPS) is 10.2. The molecule has 1 heterocycles. The standard InChI is InChI=1S/C12H12N2O3/c1-8-4-3-5-10(6-15)12(8)16-7-11-13-9(2)17-14-11/h3-6H,7H2,1-2H3. The molecule has 1 aromatic heterocycles. The molecule has 2 rings (SSSR count). The molecule has 2 aromatic rings. The van der Waals surface area contributed by atoms with Crippen molar-refractivity contribution < 1.29 is 14.1 Å². The van der Waals surface area contributed by atoms with Crippen LogP contribution in [0.5, 0.6) is 5.75 Å². The molecule has 0 radical (unpaired) electrons. The molecule has 0 unspecified atom stereocenters. The number of aromatic nitrogens is 2. The minimum absolute atomic E-state index is 0.184. The molecule has 0 atom stereocenters. The number of aldehydes is 1. The van der Waals surface area contributed by atoms with E-state index >= 15 is 0 Å². The lowest BCUT2D eigenvalue weighted by atomic mass is 10.1. The summed E-state index contributed by atoms with van der Waals surface area (Å²) in [4.78, 5) is 14.9. The van der Waals surface area contributed by atoms with Gasteiger partial charge in [0.15, 0.2) is 12.9 Å². The van der Waals surface area contributed by atoms with Gasteiger partial charge in [-0.2, -0.15) is 4.98 Å². The fourth-order valence-corrected chi connectivity index (χ4v) is 1.50. The van der Waals surface area contributed by atoms with E-state index in [0.29, 0.717) is 23.0 Å². The van der Waals surface area contributed by atoms with Gasteiger partial charge in [0.25, 0.3) is 0 Å². The van der Waals surface area contributed by atoms with Crippen molar-refractivity contribution in [3.8, 4) is 5.75 Å². The molecule has 0 saturated carbocycles. The first-order valence-electron chi connectivity index (χ1n) is 5.17. The second-order valence-electron chi connectivity index (χ2n) is 3.63. The number of para-hydroxylation sites is 1. The Morgan fingerprint density at radius 2 is 2.24 bits per heavy atom. The molecule has 1 aromatic carbocycles. The van der Waals surface area contributed by atoms with E-state index in [1.54, 1.807) is 13.0 Å². The second kappa shape index (κ2) is 4.78. The number of ether oxygens (including phenoxy) is 1. The van der Waals surface area contributed by atoms with Crippen molar-refractivity contribution in [1.82, 2.24) is 10.1 Å². The number of nitrogens with zero attached hydrogens (tertiary/aromatic N) is 2. The van der Waals surface area contributed by atoms with Crippen molar-refractivity contribution in [1.29, 1.82) is 0 Å². The molecule has 0 N–H and O–H groups in total. The highest BCUT2D eigenvalue weighted by Crippen LogP contribution is 2.22. The van der Waals surface area contributed by atoms with Gasteiger partial charge in [-0.15, -0.1) is 0 Å². The first kappa shape index (κ1) is 11.3. The summed E-state index contributed by atoms with van der Waals surface area (Å²) in [6.07, 6.45) is 0.768. The van der Waals surface area contributed by atoms with Gasteiger partial charge < -0.3 is 9.26 Å². The van der Waals surface area contributed by atoms with E-state index in [4.69, 9.17) is 9.26 Å². The Labute approximate surface area is 98.4 Å². The van der Waals surface area contributed by atoms with Gasteiger partial charge in [0.2, 0.25) is 11.7 Å². The number of carbonyl (C=O) groups is 1. The fraction of sp³-hybridized carbons (Fsp3) is 0.250. The largest absolute Gasteiger partial charge is 0.484 e. The zero-order valence-corrected chi connectivity index (χ0v) is 9.64. The molecule has 17 heavy (non-hydrogen) atoms. The maximum absolute atomic E-state index is 10.9. The molecule has 5 nitrogen and oxygen atoms in total. The van der Waals surface area contributed by atoms with Gasteiger partial charge >= 0.3 is 0 Å². The maximum atomic E-state index is 10.9. The molecule has 0 aliphatic heterocycles. The van der Waals surface area contributed by atoms with Gasteiger partial charge in [0.1, 0.15) is 5.75 Å². The monoisotopic (exact) mass is 232 g/mol. The highest BCUT2D eigenvalue weighted by Gasteiger charge is 2.08. The van der Waals surface area contributed by atoms with Crippen LogP contribution in [0.2, 0.25) is 0 Å². The zero-order chi connectivity index (χ0) is 12.3. The van der Waals surface area contributed by atoms with E-state index in [0.717, 1.165) is 11.8 Å². The quantitative estimate of drug-likeness (QED) is 0.755. The van der Waals surface area contributed by atoms with Crippen molar-refractivity contribution in [2.45, 2.75) is 20.5 Å². The van der Waals surface area contributed by atoms with Crippen LogP contribution in [0.15, 0.2) is 22.7 Å². The third-order valence-electron chi connectivity index (χ3n) is 2.28. The second-order valence-corrected chi connectivity index (χ2v) is 3.63. The van der Waals surface area contributed by atoms with E-state index in [-0.39, 0.29) is 6.61 Å². The van der Waals surface area contributed by atoms with Crippen LogP contribution in [-0.4, -0.2) is 16.4 Å². The van der Waals surface area contributed by atoms with E-state index in [1.165, 1.54) is 0 Å². The van der Waals surface area contributed by atoms with Crippen molar-refractivity contribution in [2.24, 2.45) is 0 Å². The van der Waals surface area contributed by atoms with E-state index in [1.807, 2.05) is 19.1 Å². The highest BCUT2D eigenvalue weighted by molar-refractivity contribution is 5.80. The number of aryl methyl sites for hydroxylation is 2. The molecular formula is C12H12N2O3. The number of hydrogen-bond acceptors (Lipinski definition) is 5. The van der Waals surface area contributed by atoms with Crippen LogP contribution in [0.3, 0.4) is 0 Å². The summed E-state index contributed by atoms with van der Waals surface area (Å²) in [5.74, 6) is 1.51. The molecule has 88 valence electrons. The van der Waals surface area contributed by atoms with E-state index in [9.17, 15) is 4.79 Å². The molecule has 0 fully saturated rings. The Morgan fingerprint density at radius 1 is 1.41 bits per heavy atom.